The van der Waals surface area contributed by atoms with Crippen molar-refractivity contribution in [3.63, 3.8) is 0 Å². The van der Waals surface area contributed by atoms with Crippen molar-refractivity contribution in [1.29, 1.82) is 0 Å². The second-order valence-electron chi connectivity index (χ2n) is 3.10. The number of hydrogen-bond donors (Lipinski definition) is 1. The Morgan fingerprint density at radius 3 is 2.67 bits per heavy atom. The highest BCUT2D eigenvalue weighted by atomic mass is 16.1. The molecule has 0 saturated carbocycles. The molecule has 0 radical (unpaired) electrons. The molecule has 0 fully saturated rings. The average Bonchev–Trinajstić information content (AvgIpc) is 2.45. The zero-order valence-electron chi connectivity index (χ0n) is 7.92. The molecule has 0 aliphatic heterocycles. The molecule has 0 bridgehead atoms. The number of hydrogen-bond acceptors (Lipinski definition) is 1. The van der Waals surface area contributed by atoms with Gasteiger partial charge in [-0.2, -0.15) is 0 Å². The number of rotatable bonds is 3. The van der Waals surface area contributed by atoms with Crippen LogP contribution in [0, 0.1) is 0 Å². The molecule has 0 aliphatic rings. The topological polar surface area (TPSA) is 37.8 Å². The lowest BCUT2D eigenvalue weighted by Gasteiger charge is -2.08. The smallest absolute Gasteiger partial charge is 0.266 e. The quantitative estimate of drug-likeness (QED) is 0.733. The summed E-state index contributed by atoms with van der Waals surface area (Å²) < 4.78 is 1.69. The van der Waals surface area contributed by atoms with Gasteiger partial charge in [-0.1, -0.05) is 13.8 Å². The van der Waals surface area contributed by atoms with Crippen molar-refractivity contribution in [2.24, 2.45) is 0 Å². The number of aryl methyl sites for hydroxylation is 1. The Balaban J connectivity index is 2.99. The minimum atomic E-state index is 0.0844. The van der Waals surface area contributed by atoms with E-state index in [4.69, 9.17) is 0 Å². The van der Waals surface area contributed by atoms with Crippen molar-refractivity contribution in [2.75, 3.05) is 0 Å². The van der Waals surface area contributed by atoms with Gasteiger partial charge in [0, 0.05) is 11.8 Å². The molecule has 1 aromatic rings. The highest BCUT2D eigenvalue weighted by Crippen LogP contribution is 2.05. The molecule has 68 valence electrons. The van der Waals surface area contributed by atoms with Gasteiger partial charge in [0.05, 0.1) is 6.04 Å². The van der Waals surface area contributed by atoms with Gasteiger partial charge in [-0.25, -0.2) is 0 Å². The van der Waals surface area contributed by atoms with Gasteiger partial charge in [0.15, 0.2) is 0 Å². The van der Waals surface area contributed by atoms with Crippen LogP contribution >= 0.6 is 0 Å². The van der Waals surface area contributed by atoms with Crippen molar-refractivity contribution in [3.05, 3.63) is 22.1 Å². The van der Waals surface area contributed by atoms with Crippen LogP contribution in [0.1, 0.15) is 38.9 Å². The van der Waals surface area contributed by atoms with E-state index in [0.717, 1.165) is 18.5 Å². The van der Waals surface area contributed by atoms with Crippen LogP contribution in [0.15, 0.2) is 10.9 Å². The second-order valence-corrected chi connectivity index (χ2v) is 3.10. The molecule has 0 amide bonds. The summed E-state index contributed by atoms with van der Waals surface area (Å²) in [6, 6.07) is 1.95. The van der Waals surface area contributed by atoms with Gasteiger partial charge in [-0.3, -0.25) is 14.6 Å². The van der Waals surface area contributed by atoms with Crippen LogP contribution in [0.5, 0.6) is 0 Å². The SMILES string of the molecule is CCc1cc(=O)n(C(C)CC)[nH]1. The summed E-state index contributed by atoms with van der Waals surface area (Å²) in [4.78, 5) is 11.3. The van der Waals surface area contributed by atoms with E-state index in [2.05, 4.69) is 12.0 Å². The molecule has 1 rings (SSSR count). The number of nitrogens with one attached hydrogen (secondary N) is 1. The van der Waals surface area contributed by atoms with Crippen LogP contribution in [0.3, 0.4) is 0 Å². The molecular weight excluding hydrogens is 152 g/mol. The van der Waals surface area contributed by atoms with Gasteiger partial charge in [0.2, 0.25) is 0 Å². The van der Waals surface area contributed by atoms with Gasteiger partial charge in [-0.05, 0) is 19.8 Å². The fourth-order valence-electron chi connectivity index (χ4n) is 1.15. The van der Waals surface area contributed by atoms with Gasteiger partial charge in [0.1, 0.15) is 0 Å². The summed E-state index contributed by atoms with van der Waals surface area (Å²) in [6.45, 7) is 6.15. The Labute approximate surface area is 72.4 Å². The first-order chi connectivity index (χ1) is 5.69. The summed E-state index contributed by atoms with van der Waals surface area (Å²) >= 11 is 0. The van der Waals surface area contributed by atoms with Gasteiger partial charge < -0.3 is 0 Å². The fourth-order valence-corrected chi connectivity index (χ4v) is 1.15. The highest BCUT2D eigenvalue weighted by molar-refractivity contribution is 4.99. The standard InChI is InChI=1S/C9H16N2O/c1-4-7(3)11-9(12)6-8(5-2)10-11/h6-7,10H,4-5H2,1-3H3. The number of nitrogens with zero attached hydrogens (tertiary/aromatic N) is 1. The highest BCUT2D eigenvalue weighted by Gasteiger charge is 2.06. The molecule has 12 heavy (non-hydrogen) atoms. The maximum absolute atomic E-state index is 11.3. The van der Waals surface area contributed by atoms with Crippen LogP contribution in [0.4, 0.5) is 0 Å². The molecule has 1 aromatic heterocycles. The third-order valence-electron chi connectivity index (χ3n) is 2.21. The van der Waals surface area contributed by atoms with Crippen molar-refractivity contribution < 1.29 is 0 Å². The molecule has 1 atom stereocenters. The van der Waals surface area contributed by atoms with E-state index in [1.807, 2.05) is 13.8 Å². The summed E-state index contributed by atoms with van der Waals surface area (Å²) in [6.07, 6.45) is 1.86. The predicted octanol–water partition coefficient (Wildman–Crippen LogP) is 1.71. The van der Waals surface area contributed by atoms with Crippen LogP contribution < -0.4 is 5.56 Å². The van der Waals surface area contributed by atoms with Crippen LogP contribution in [-0.2, 0) is 6.42 Å². The Bertz CT molecular complexity index is 298. The van der Waals surface area contributed by atoms with Gasteiger partial charge in [-0.15, -0.1) is 0 Å². The molecular formula is C9H16N2O. The normalized spacial score (nSPS) is 13.2. The van der Waals surface area contributed by atoms with Crippen LogP contribution in [-0.4, -0.2) is 9.78 Å². The summed E-state index contributed by atoms with van der Waals surface area (Å²) in [5, 5.41) is 3.09. The van der Waals surface area contributed by atoms with E-state index in [-0.39, 0.29) is 11.6 Å². The minimum Gasteiger partial charge on any atom is -0.299 e. The first-order valence-electron chi connectivity index (χ1n) is 4.49. The van der Waals surface area contributed by atoms with Crippen molar-refractivity contribution in [2.45, 2.75) is 39.7 Å². The van der Waals surface area contributed by atoms with E-state index in [1.54, 1.807) is 10.7 Å². The number of aromatic nitrogens is 2. The third kappa shape index (κ3) is 1.60. The Kier molecular flexibility index (Phi) is 2.74. The summed E-state index contributed by atoms with van der Waals surface area (Å²) in [5.41, 5.74) is 1.10. The average molecular weight is 168 g/mol. The Hall–Kier alpha value is -0.990. The zero-order chi connectivity index (χ0) is 9.14. The maximum Gasteiger partial charge on any atom is 0.266 e. The molecule has 3 heteroatoms. The largest absolute Gasteiger partial charge is 0.299 e. The molecule has 1 heterocycles. The van der Waals surface area contributed by atoms with Crippen LogP contribution in [0.25, 0.3) is 0 Å². The lowest BCUT2D eigenvalue weighted by Crippen LogP contribution is -2.19. The van der Waals surface area contributed by atoms with E-state index >= 15 is 0 Å². The van der Waals surface area contributed by atoms with Gasteiger partial charge in [0.25, 0.3) is 5.56 Å². The fraction of sp³-hybridized carbons (Fsp3) is 0.667. The van der Waals surface area contributed by atoms with Crippen LogP contribution in [0.2, 0.25) is 0 Å². The molecule has 1 N–H and O–H groups in total. The second kappa shape index (κ2) is 3.61. The molecule has 0 aliphatic carbocycles. The van der Waals surface area contributed by atoms with Gasteiger partial charge >= 0.3 is 0 Å². The zero-order valence-corrected chi connectivity index (χ0v) is 7.92. The first-order valence-corrected chi connectivity index (χ1v) is 4.49. The number of H-pyrrole nitrogens is 1. The van der Waals surface area contributed by atoms with E-state index in [0.29, 0.717) is 0 Å². The molecule has 0 saturated heterocycles. The maximum atomic E-state index is 11.3. The monoisotopic (exact) mass is 168 g/mol. The Morgan fingerprint density at radius 2 is 2.25 bits per heavy atom. The molecule has 3 nitrogen and oxygen atoms in total. The lowest BCUT2D eigenvalue weighted by molar-refractivity contribution is 0.462. The third-order valence-corrected chi connectivity index (χ3v) is 2.21. The molecule has 1 unspecified atom stereocenters. The first kappa shape index (κ1) is 9.10. The molecule has 0 aromatic carbocycles. The van der Waals surface area contributed by atoms with E-state index in [1.165, 1.54) is 0 Å². The van der Waals surface area contributed by atoms with Crippen molar-refractivity contribution in [3.8, 4) is 0 Å². The van der Waals surface area contributed by atoms with E-state index < -0.39 is 0 Å². The Morgan fingerprint density at radius 1 is 1.58 bits per heavy atom. The van der Waals surface area contributed by atoms with Crippen molar-refractivity contribution in [1.82, 2.24) is 9.78 Å². The molecule has 0 spiro atoms. The minimum absolute atomic E-state index is 0.0844. The number of aromatic amines is 1. The predicted molar refractivity (Wildman–Crippen MR) is 49.4 cm³/mol. The summed E-state index contributed by atoms with van der Waals surface area (Å²) in [7, 11) is 0. The summed E-state index contributed by atoms with van der Waals surface area (Å²) in [5.74, 6) is 0. The lowest BCUT2D eigenvalue weighted by atomic mass is 10.3. The van der Waals surface area contributed by atoms with E-state index in [9.17, 15) is 4.79 Å². The van der Waals surface area contributed by atoms with Crippen molar-refractivity contribution >= 4 is 0 Å².